The highest BCUT2D eigenvalue weighted by molar-refractivity contribution is 5.88. The second-order valence-corrected chi connectivity index (χ2v) is 6.55. The molecule has 4 rings (SSSR count). The van der Waals surface area contributed by atoms with E-state index in [1.54, 1.807) is 0 Å². The van der Waals surface area contributed by atoms with Crippen LogP contribution in [0.1, 0.15) is 30.3 Å². The van der Waals surface area contributed by atoms with Crippen molar-refractivity contribution in [1.82, 2.24) is 19.4 Å². The van der Waals surface area contributed by atoms with Gasteiger partial charge in [0.2, 0.25) is 5.91 Å². The molecule has 0 aliphatic carbocycles. The Morgan fingerprint density at radius 1 is 1.38 bits per heavy atom. The zero-order chi connectivity index (χ0) is 16.5. The summed E-state index contributed by atoms with van der Waals surface area (Å²) in [6, 6.07) is 8.48. The number of fused-ring (bicyclic) bond motifs is 1. The largest absolute Gasteiger partial charge is 0.361 e. The normalized spacial score (nSPS) is 18.2. The highest BCUT2D eigenvalue weighted by atomic mass is 16.2. The van der Waals surface area contributed by atoms with E-state index in [4.69, 9.17) is 0 Å². The van der Waals surface area contributed by atoms with Gasteiger partial charge in [0, 0.05) is 42.6 Å². The van der Waals surface area contributed by atoms with Crippen LogP contribution in [0.2, 0.25) is 0 Å². The molecule has 0 radical (unpaired) electrons. The number of nitrogens with zero attached hydrogens (tertiary/aromatic N) is 3. The molecule has 1 aliphatic rings. The van der Waals surface area contributed by atoms with Gasteiger partial charge in [-0.15, -0.1) is 0 Å². The Labute approximate surface area is 141 Å². The van der Waals surface area contributed by atoms with E-state index < -0.39 is 0 Å². The van der Waals surface area contributed by atoms with Crippen molar-refractivity contribution >= 4 is 16.8 Å². The molecule has 1 saturated heterocycles. The van der Waals surface area contributed by atoms with Crippen molar-refractivity contribution in [2.45, 2.75) is 32.2 Å². The van der Waals surface area contributed by atoms with Gasteiger partial charge in [-0.1, -0.05) is 18.2 Å². The van der Waals surface area contributed by atoms with Crippen LogP contribution in [0.15, 0.2) is 42.9 Å². The standard InChI is InChI=1S/C19H22N4O/c1-14-20-8-10-23(14)16-5-4-9-22(13-16)19(24)11-15-12-21-18-7-3-2-6-17(15)18/h2-3,6-8,10,12,16,21H,4-5,9,11,13H2,1H3/t16-/m1/s1. The number of para-hydroxylation sites is 1. The van der Waals surface area contributed by atoms with Gasteiger partial charge in [0.1, 0.15) is 5.82 Å². The van der Waals surface area contributed by atoms with Gasteiger partial charge in [0.05, 0.1) is 12.5 Å². The fraction of sp³-hybridized carbons (Fsp3) is 0.368. The van der Waals surface area contributed by atoms with Crippen molar-refractivity contribution in [2.24, 2.45) is 0 Å². The number of aryl methyl sites for hydroxylation is 1. The average Bonchev–Trinajstić information content (AvgIpc) is 3.22. The van der Waals surface area contributed by atoms with Crippen LogP contribution >= 0.6 is 0 Å². The Kier molecular flexibility index (Phi) is 3.84. The summed E-state index contributed by atoms with van der Waals surface area (Å²) in [6.45, 7) is 3.65. The lowest BCUT2D eigenvalue weighted by atomic mass is 10.0. The van der Waals surface area contributed by atoms with Gasteiger partial charge in [0.15, 0.2) is 0 Å². The van der Waals surface area contributed by atoms with Gasteiger partial charge in [-0.25, -0.2) is 4.98 Å². The Hall–Kier alpha value is -2.56. The highest BCUT2D eigenvalue weighted by Crippen LogP contribution is 2.24. The minimum absolute atomic E-state index is 0.210. The quantitative estimate of drug-likeness (QED) is 0.805. The Balaban J connectivity index is 1.49. The molecule has 5 heteroatoms. The van der Waals surface area contributed by atoms with E-state index in [2.05, 4.69) is 20.6 Å². The molecule has 1 amide bonds. The third-order valence-electron chi connectivity index (χ3n) is 5.02. The molecule has 0 bridgehead atoms. The molecule has 5 nitrogen and oxygen atoms in total. The van der Waals surface area contributed by atoms with Crippen LogP contribution in [-0.4, -0.2) is 38.4 Å². The maximum absolute atomic E-state index is 12.8. The number of likely N-dealkylation sites (tertiary alicyclic amines) is 1. The molecular weight excluding hydrogens is 300 g/mol. The van der Waals surface area contributed by atoms with Crippen molar-refractivity contribution in [3.8, 4) is 0 Å². The minimum Gasteiger partial charge on any atom is -0.361 e. The Morgan fingerprint density at radius 2 is 2.25 bits per heavy atom. The highest BCUT2D eigenvalue weighted by Gasteiger charge is 2.25. The van der Waals surface area contributed by atoms with Crippen LogP contribution in [-0.2, 0) is 11.2 Å². The van der Waals surface area contributed by atoms with Crippen LogP contribution < -0.4 is 0 Å². The number of imidazole rings is 1. The predicted octanol–water partition coefficient (Wildman–Crippen LogP) is 3.08. The first-order valence-corrected chi connectivity index (χ1v) is 8.54. The van der Waals surface area contributed by atoms with E-state index in [-0.39, 0.29) is 5.91 Å². The maximum atomic E-state index is 12.8. The van der Waals surface area contributed by atoms with E-state index in [9.17, 15) is 4.79 Å². The molecule has 24 heavy (non-hydrogen) atoms. The SMILES string of the molecule is Cc1nccn1[C@@H]1CCCN(C(=O)Cc2c[nH]c3ccccc23)C1. The molecule has 1 fully saturated rings. The van der Waals surface area contributed by atoms with Gasteiger partial charge in [-0.2, -0.15) is 0 Å². The maximum Gasteiger partial charge on any atom is 0.227 e. The third kappa shape index (κ3) is 2.70. The number of aromatic amines is 1. The number of amides is 1. The summed E-state index contributed by atoms with van der Waals surface area (Å²) in [4.78, 5) is 22.4. The molecule has 0 unspecified atom stereocenters. The van der Waals surface area contributed by atoms with Gasteiger partial charge < -0.3 is 14.5 Å². The fourth-order valence-corrected chi connectivity index (χ4v) is 3.73. The minimum atomic E-state index is 0.210. The molecular formula is C19H22N4O. The van der Waals surface area contributed by atoms with Crippen LogP contribution in [0, 0.1) is 6.92 Å². The molecule has 3 aromatic rings. The molecule has 1 N–H and O–H groups in total. The van der Waals surface area contributed by atoms with Crippen LogP contribution in [0.4, 0.5) is 0 Å². The Bertz CT molecular complexity index is 863. The zero-order valence-corrected chi connectivity index (χ0v) is 13.9. The summed E-state index contributed by atoms with van der Waals surface area (Å²) in [7, 11) is 0. The van der Waals surface area contributed by atoms with E-state index >= 15 is 0 Å². The summed E-state index contributed by atoms with van der Waals surface area (Å²) >= 11 is 0. The number of piperidine rings is 1. The molecule has 2 aromatic heterocycles. The van der Waals surface area contributed by atoms with Crippen molar-refractivity contribution in [3.63, 3.8) is 0 Å². The molecule has 3 heterocycles. The van der Waals surface area contributed by atoms with Gasteiger partial charge >= 0.3 is 0 Å². The summed E-state index contributed by atoms with van der Waals surface area (Å²) < 4.78 is 2.20. The zero-order valence-electron chi connectivity index (χ0n) is 13.9. The smallest absolute Gasteiger partial charge is 0.227 e. The second-order valence-electron chi connectivity index (χ2n) is 6.55. The van der Waals surface area contributed by atoms with Crippen LogP contribution in [0.5, 0.6) is 0 Å². The second kappa shape index (κ2) is 6.15. The first-order chi connectivity index (χ1) is 11.7. The van der Waals surface area contributed by atoms with E-state index in [0.29, 0.717) is 12.5 Å². The summed E-state index contributed by atoms with van der Waals surface area (Å²) in [5, 5.41) is 1.14. The number of aromatic nitrogens is 3. The van der Waals surface area contributed by atoms with Crippen molar-refractivity contribution in [2.75, 3.05) is 13.1 Å². The van der Waals surface area contributed by atoms with Crippen molar-refractivity contribution < 1.29 is 4.79 Å². The molecule has 1 aromatic carbocycles. The number of rotatable bonds is 3. The van der Waals surface area contributed by atoms with Crippen LogP contribution in [0.3, 0.4) is 0 Å². The topological polar surface area (TPSA) is 53.9 Å². The van der Waals surface area contributed by atoms with Gasteiger partial charge in [0.25, 0.3) is 0 Å². The lowest BCUT2D eigenvalue weighted by Crippen LogP contribution is -2.41. The summed E-state index contributed by atoms with van der Waals surface area (Å²) in [5.74, 6) is 1.23. The lowest BCUT2D eigenvalue weighted by molar-refractivity contribution is -0.132. The number of nitrogens with one attached hydrogen (secondary N) is 1. The predicted molar refractivity (Wildman–Crippen MR) is 93.8 cm³/mol. The number of carbonyl (C=O) groups excluding carboxylic acids is 1. The third-order valence-corrected chi connectivity index (χ3v) is 5.02. The van der Waals surface area contributed by atoms with E-state index in [1.807, 2.05) is 48.6 Å². The number of H-pyrrole nitrogens is 1. The summed E-state index contributed by atoms with van der Waals surface area (Å²) in [6.07, 6.45) is 8.43. The number of hydrogen-bond donors (Lipinski definition) is 1. The lowest BCUT2D eigenvalue weighted by Gasteiger charge is -2.34. The number of carbonyl (C=O) groups is 1. The molecule has 1 aliphatic heterocycles. The van der Waals surface area contributed by atoms with Crippen molar-refractivity contribution in [3.05, 3.63) is 54.2 Å². The van der Waals surface area contributed by atoms with Gasteiger partial charge in [-0.05, 0) is 31.4 Å². The summed E-state index contributed by atoms with van der Waals surface area (Å²) in [5.41, 5.74) is 2.17. The molecule has 0 saturated carbocycles. The van der Waals surface area contributed by atoms with Crippen molar-refractivity contribution in [1.29, 1.82) is 0 Å². The monoisotopic (exact) mass is 322 g/mol. The Morgan fingerprint density at radius 3 is 3.08 bits per heavy atom. The number of benzene rings is 1. The number of hydrogen-bond acceptors (Lipinski definition) is 2. The average molecular weight is 322 g/mol. The van der Waals surface area contributed by atoms with E-state index in [0.717, 1.165) is 48.2 Å². The first-order valence-electron chi connectivity index (χ1n) is 8.54. The molecule has 0 spiro atoms. The van der Waals surface area contributed by atoms with Gasteiger partial charge in [-0.3, -0.25) is 4.79 Å². The van der Waals surface area contributed by atoms with E-state index in [1.165, 1.54) is 0 Å². The molecule has 1 atom stereocenters. The molecule has 124 valence electrons. The van der Waals surface area contributed by atoms with Crippen LogP contribution in [0.25, 0.3) is 10.9 Å². The first kappa shape index (κ1) is 15.0. The fourth-order valence-electron chi connectivity index (χ4n) is 3.73.